The van der Waals surface area contributed by atoms with Crippen molar-refractivity contribution in [3.05, 3.63) is 34.4 Å². The second kappa shape index (κ2) is 6.40. The second-order valence-corrected chi connectivity index (χ2v) is 4.32. The van der Waals surface area contributed by atoms with Gasteiger partial charge in [-0.2, -0.15) is 0 Å². The lowest BCUT2D eigenvalue weighted by Gasteiger charge is -2.10. The predicted octanol–water partition coefficient (Wildman–Crippen LogP) is 2.37. The molecule has 0 unspecified atom stereocenters. The van der Waals surface area contributed by atoms with Crippen LogP contribution in [0.4, 0.5) is 0 Å². The number of carbonyl (C=O) groups is 1. The van der Waals surface area contributed by atoms with E-state index in [-0.39, 0.29) is 5.97 Å². The Morgan fingerprint density at radius 1 is 1.29 bits per heavy atom. The average Bonchev–Trinajstić information content (AvgIpc) is 2.32. The van der Waals surface area contributed by atoms with Gasteiger partial charge in [-0.15, -0.1) is 0 Å². The van der Waals surface area contributed by atoms with Crippen LogP contribution in [-0.2, 0) is 11.2 Å². The maximum Gasteiger partial charge on any atom is 0.338 e. The standard InChI is InChI=1S/C14H21NO2/c1-10-8-12(6-4-5-7-15)9-13(11(10)2)14(16)17-3/h8-9H,4-7,15H2,1-3H3. The van der Waals surface area contributed by atoms with Gasteiger partial charge in [-0.25, -0.2) is 4.79 Å². The lowest BCUT2D eigenvalue weighted by Crippen LogP contribution is -2.06. The molecule has 2 N–H and O–H groups in total. The number of hydrogen-bond acceptors (Lipinski definition) is 3. The quantitative estimate of drug-likeness (QED) is 0.629. The average molecular weight is 235 g/mol. The van der Waals surface area contributed by atoms with E-state index in [1.807, 2.05) is 19.9 Å². The maximum atomic E-state index is 11.6. The number of nitrogens with two attached hydrogens (primary N) is 1. The zero-order valence-electron chi connectivity index (χ0n) is 10.9. The molecular formula is C14H21NO2. The van der Waals surface area contributed by atoms with Gasteiger partial charge in [0.05, 0.1) is 12.7 Å². The molecule has 0 aliphatic heterocycles. The number of benzene rings is 1. The van der Waals surface area contributed by atoms with Gasteiger partial charge in [-0.05, 0) is 62.4 Å². The van der Waals surface area contributed by atoms with Gasteiger partial charge < -0.3 is 10.5 Å². The molecule has 0 fully saturated rings. The Labute approximate surface area is 103 Å². The van der Waals surface area contributed by atoms with E-state index >= 15 is 0 Å². The van der Waals surface area contributed by atoms with Crippen molar-refractivity contribution in [2.24, 2.45) is 5.73 Å². The SMILES string of the molecule is COC(=O)c1cc(CCCCN)cc(C)c1C. The van der Waals surface area contributed by atoms with E-state index in [0.717, 1.165) is 30.4 Å². The lowest BCUT2D eigenvalue weighted by atomic mass is 9.97. The predicted molar refractivity (Wildman–Crippen MR) is 69.2 cm³/mol. The number of rotatable bonds is 5. The summed E-state index contributed by atoms with van der Waals surface area (Å²) in [5.41, 5.74) is 9.47. The van der Waals surface area contributed by atoms with Gasteiger partial charge in [-0.3, -0.25) is 0 Å². The summed E-state index contributed by atoms with van der Waals surface area (Å²) in [6, 6.07) is 4.07. The van der Waals surface area contributed by atoms with Crippen molar-refractivity contribution in [3.63, 3.8) is 0 Å². The summed E-state index contributed by atoms with van der Waals surface area (Å²) in [7, 11) is 1.41. The van der Waals surface area contributed by atoms with Crippen LogP contribution in [0, 0.1) is 13.8 Å². The van der Waals surface area contributed by atoms with E-state index in [1.165, 1.54) is 12.7 Å². The second-order valence-electron chi connectivity index (χ2n) is 4.32. The number of aryl methyl sites for hydroxylation is 2. The summed E-state index contributed by atoms with van der Waals surface area (Å²) in [5.74, 6) is -0.258. The third-order valence-corrected chi connectivity index (χ3v) is 3.05. The summed E-state index contributed by atoms with van der Waals surface area (Å²) in [5, 5.41) is 0. The topological polar surface area (TPSA) is 52.3 Å². The van der Waals surface area contributed by atoms with Gasteiger partial charge >= 0.3 is 5.97 Å². The Hall–Kier alpha value is -1.35. The minimum absolute atomic E-state index is 0.258. The monoisotopic (exact) mass is 235 g/mol. The van der Waals surface area contributed by atoms with Crippen LogP contribution in [0.3, 0.4) is 0 Å². The number of unbranched alkanes of at least 4 members (excludes halogenated alkanes) is 1. The molecule has 0 heterocycles. The molecule has 3 nitrogen and oxygen atoms in total. The van der Waals surface area contributed by atoms with Crippen molar-refractivity contribution < 1.29 is 9.53 Å². The van der Waals surface area contributed by atoms with Crippen molar-refractivity contribution in [3.8, 4) is 0 Å². The molecule has 0 bridgehead atoms. The normalized spacial score (nSPS) is 10.4. The van der Waals surface area contributed by atoms with Crippen LogP contribution >= 0.6 is 0 Å². The Kier molecular flexibility index (Phi) is 5.16. The molecule has 1 rings (SSSR count). The molecule has 0 amide bonds. The first-order chi connectivity index (χ1) is 8.10. The van der Waals surface area contributed by atoms with Gasteiger partial charge in [0.25, 0.3) is 0 Å². The Morgan fingerprint density at radius 2 is 2.00 bits per heavy atom. The maximum absolute atomic E-state index is 11.6. The molecule has 1 aromatic carbocycles. The van der Waals surface area contributed by atoms with E-state index in [2.05, 4.69) is 6.07 Å². The Morgan fingerprint density at radius 3 is 2.59 bits per heavy atom. The Bertz CT molecular complexity index is 399. The summed E-state index contributed by atoms with van der Waals surface area (Å²) in [6.07, 6.45) is 3.03. The molecule has 0 saturated heterocycles. The minimum Gasteiger partial charge on any atom is -0.465 e. The highest BCUT2D eigenvalue weighted by molar-refractivity contribution is 5.91. The molecule has 0 aliphatic rings. The summed E-state index contributed by atoms with van der Waals surface area (Å²) >= 11 is 0. The number of hydrogen-bond donors (Lipinski definition) is 1. The van der Waals surface area contributed by atoms with E-state index in [1.54, 1.807) is 0 Å². The van der Waals surface area contributed by atoms with Gasteiger partial charge in [0.15, 0.2) is 0 Å². The third-order valence-electron chi connectivity index (χ3n) is 3.05. The number of carbonyl (C=O) groups excluding carboxylic acids is 1. The summed E-state index contributed by atoms with van der Waals surface area (Å²) in [4.78, 5) is 11.6. The fourth-order valence-corrected chi connectivity index (χ4v) is 1.87. The smallest absolute Gasteiger partial charge is 0.338 e. The zero-order chi connectivity index (χ0) is 12.8. The van der Waals surface area contributed by atoms with Gasteiger partial charge in [-0.1, -0.05) is 6.07 Å². The summed E-state index contributed by atoms with van der Waals surface area (Å²) in [6.45, 7) is 4.69. The molecule has 17 heavy (non-hydrogen) atoms. The van der Waals surface area contributed by atoms with Crippen LogP contribution in [0.15, 0.2) is 12.1 Å². The highest BCUT2D eigenvalue weighted by Crippen LogP contribution is 2.18. The number of ether oxygens (including phenoxy) is 1. The first-order valence-electron chi connectivity index (χ1n) is 5.98. The van der Waals surface area contributed by atoms with E-state index in [9.17, 15) is 4.79 Å². The van der Waals surface area contributed by atoms with E-state index < -0.39 is 0 Å². The summed E-state index contributed by atoms with van der Waals surface area (Å²) < 4.78 is 4.79. The van der Waals surface area contributed by atoms with Gasteiger partial charge in [0.1, 0.15) is 0 Å². The van der Waals surface area contributed by atoms with Gasteiger partial charge in [0, 0.05) is 0 Å². The molecule has 0 aromatic heterocycles. The first kappa shape index (κ1) is 13.7. The third kappa shape index (κ3) is 3.56. The molecule has 0 atom stereocenters. The van der Waals surface area contributed by atoms with Crippen molar-refractivity contribution in [2.45, 2.75) is 33.1 Å². The molecule has 3 heteroatoms. The fourth-order valence-electron chi connectivity index (χ4n) is 1.87. The van der Waals surface area contributed by atoms with Crippen LogP contribution in [0.5, 0.6) is 0 Å². The molecular weight excluding hydrogens is 214 g/mol. The molecule has 94 valence electrons. The van der Waals surface area contributed by atoms with Crippen molar-refractivity contribution in [1.29, 1.82) is 0 Å². The van der Waals surface area contributed by atoms with Crippen LogP contribution in [-0.4, -0.2) is 19.6 Å². The number of esters is 1. The van der Waals surface area contributed by atoms with Crippen molar-refractivity contribution >= 4 is 5.97 Å². The molecule has 0 radical (unpaired) electrons. The molecule has 1 aromatic rings. The van der Waals surface area contributed by atoms with Crippen molar-refractivity contribution in [1.82, 2.24) is 0 Å². The highest BCUT2D eigenvalue weighted by Gasteiger charge is 2.12. The van der Waals surface area contributed by atoms with Gasteiger partial charge in [0.2, 0.25) is 0 Å². The van der Waals surface area contributed by atoms with Crippen LogP contribution < -0.4 is 5.73 Å². The number of methoxy groups -OCH3 is 1. The molecule has 0 spiro atoms. The van der Waals surface area contributed by atoms with Crippen molar-refractivity contribution in [2.75, 3.05) is 13.7 Å². The first-order valence-corrected chi connectivity index (χ1v) is 5.98. The van der Waals surface area contributed by atoms with E-state index in [0.29, 0.717) is 12.1 Å². The fraction of sp³-hybridized carbons (Fsp3) is 0.500. The van der Waals surface area contributed by atoms with E-state index in [4.69, 9.17) is 10.5 Å². The lowest BCUT2D eigenvalue weighted by molar-refractivity contribution is 0.0599. The molecule has 0 aliphatic carbocycles. The molecule has 0 saturated carbocycles. The minimum atomic E-state index is -0.258. The Balaban J connectivity index is 2.93. The van der Waals surface area contributed by atoms with Crippen LogP contribution in [0.2, 0.25) is 0 Å². The van der Waals surface area contributed by atoms with Crippen LogP contribution in [0.1, 0.15) is 39.9 Å². The zero-order valence-corrected chi connectivity index (χ0v) is 10.9. The van der Waals surface area contributed by atoms with Crippen LogP contribution in [0.25, 0.3) is 0 Å². The highest BCUT2D eigenvalue weighted by atomic mass is 16.5. The largest absolute Gasteiger partial charge is 0.465 e.